The van der Waals surface area contributed by atoms with Crippen LogP contribution < -0.4 is 15.0 Å². The average Bonchev–Trinajstić information content (AvgIpc) is 2.96. The number of amides is 1. The minimum atomic E-state index is -0.498. The van der Waals surface area contributed by atoms with Crippen LogP contribution in [0.15, 0.2) is 36.5 Å². The maximum atomic E-state index is 13.9. The van der Waals surface area contributed by atoms with Crippen LogP contribution in [0.1, 0.15) is 89.4 Å². The van der Waals surface area contributed by atoms with E-state index in [-0.39, 0.29) is 23.8 Å². The Morgan fingerprint density at radius 3 is 2.60 bits per heavy atom. The molecular weight excluding hydrogens is 532 g/mol. The predicted molar refractivity (Wildman–Crippen MR) is 161 cm³/mol. The zero-order chi connectivity index (χ0) is 30.2. The lowest BCUT2D eigenvalue weighted by molar-refractivity contribution is 0.0505. The van der Waals surface area contributed by atoms with Crippen LogP contribution in [0.5, 0.6) is 5.75 Å². The summed E-state index contributed by atoms with van der Waals surface area (Å²) in [6.07, 6.45) is 2.40. The number of anilines is 2. The lowest BCUT2D eigenvalue weighted by Crippen LogP contribution is -2.61. The fourth-order valence-electron chi connectivity index (χ4n) is 5.93. The minimum absolute atomic E-state index is 0.0536. The summed E-state index contributed by atoms with van der Waals surface area (Å²) in [6, 6.07) is 10.0. The van der Waals surface area contributed by atoms with E-state index in [2.05, 4.69) is 44.0 Å². The zero-order valence-electron chi connectivity index (χ0n) is 25.5. The molecule has 10 heteroatoms. The van der Waals surface area contributed by atoms with E-state index in [4.69, 9.17) is 24.4 Å². The number of pyridine rings is 1. The van der Waals surface area contributed by atoms with Gasteiger partial charge in [-0.1, -0.05) is 32.0 Å². The normalized spacial score (nSPS) is 17.9. The van der Waals surface area contributed by atoms with E-state index in [1.165, 1.54) is 7.11 Å². The first-order valence-corrected chi connectivity index (χ1v) is 14.5. The summed E-state index contributed by atoms with van der Waals surface area (Å²) in [5.74, 6) is 1.90. The summed E-state index contributed by atoms with van der Waals surface area (Å²) in [7, 11) is 1.37. The Morgan fingerprint density at radius 1 is 1.14 bits per heavy atom. The number of nitrogens with zero attached hydrogens (tertiary/aromatic N) is 5. The van der Waals surface area contributed by atoms with Gasteiger partial charge in [0.1, 0.15) is 23.1 Å². The number of fused-ring (bicyclic) bond motifs is 1. The van der Waals surface area contributed by atoms with Gasteiger partial charge in [-0.05, 0) is 51.3 Å². The van der Waals surface area contributed by atoms with E-state index < -0.39 is 5.54 Å². The topological polar surface area (TPSA) is 110 Å². The van der Waals surface area contributed by atoms with Crippen molar-refractivity contribution in [2.75, 3.05) is 43.6 Å². The fraction of sp³-hybridized carbons (Fsp3) is 0.469. The Morgan fingerprint density at radius 2 is 1.90 bits per heavy atom. The van der Waals surface area contributed by atoms with Gasteiger partial charge in [0, 0.05) is 31.6 Å². The Hall–Kier alpha value is -4.21. The highest BCUT2D eigenvalue weighted by molar-refractivity contribution is 5.93. The SMILES string of the molecule is COC(=O)c1c(C)cc(N2CCN(C(=O)c3cnc(NC4CCOc5ccccc54)c(C(C)C)n3)C(C)(C)C2)nc1C. The maximum Gasteiger partial charge on any atom is 0.339 e. The summed E-state index contributed by atoms with van der Waals surface area (Å²) >= 11 is 0. The van der Waals surface area contributed by atoms with Gasteiger partial charge in [-0.3, -0.25) is 4.79 Å². The van der Waals surface area contributed by atoms with Crippen molar-refractivity contribution in [3.8, 4) is 5.75 Å². The van der Waals surface area contributed by atoms with E-state index >= 15 is 0 Å². The highest BCUT2D eigenvalue weighted by atomic mass is 16.5. The Labute approximate surface area is 247 Å². The number of para-hydroxylation sites is 1. The van der Waals surface area contributed by atoms with Crippen LogP contribution >= 0.6 is 0 Å². The molecule has 2 aliphatic heterocycles. The molecular formula is C32H40N6O4. The van der Waals surface area contributed by atoms with Crippen molar-refractivity contribution in [1.29, 1.82) is 0 Å². The van der Waals surface area contributed by atoms with Crippen molar-refractivity contribution in [1.82, 2.24) is 19.9 Å². The molecule has 222 valence electrons. The molecule has 2 aliphatic rings. The number of ether oxygens (including phenoxy) is 2. The van der Waals surface area contributed by atoms with Gasteiger partial charge in [-0.25, -0.2) is 19.7 Å². The third kappa shape index (κ3) is 5.62. The van der Waals surface area contributed by atoms with Gasteiger partial charge in [-0.15, -0.1) is 0 Å². The van der Waals surface area contributed by atoms with E-state index in [1.54, 1.807) is 6.20 Å². The molecule has 42 heavy (non-hydrogen) atoms. The van der Waals surface area contributed by atoms with Crippen LogP contribution in [0.3, 0.4) is 0 Å². The summed E-state index contributed by atoms with van der Waals surface area (Å²) in [5, 5.41) is 3.58. The molecule has 4 heterocycles. The van der Waals surface area contributed by atoms with Gasteiger partial charge in [-0.2, -0.15) is 0 Å². The lowest BCUT2D eigenvalue weighted by atomic mass is 9.97. The van der Waals surface area contributed by atoms with Crippen LogP contribution in [0, 0.1) is 13.8 Å². The molecule has 3 aromatic rings. The molecule has 1 unspecified atom stereocenters. The lowest BCUT2D eigenvalue weighted by Gasteiger charge is -2.47. The highest BCUT2D eigenvalue weighted by Gasteiger charge is 2.39. The van der Waals surface area contributed by atoms with E-state index in [1.807, 2.05) is 43.0 Å². The monoisotopic (exact) mass is 572 g/mol. The Balaban J connectivity index is 1.35. The van der Waals surface area contributed by atoms with Crippen molar-refractivity contribution in [3.63, 3.8) is 0 Å². The minimum Gasteiger partial charge on any atom is -0.493 e. The number of aryl methyl sites for hydroxylation is 2. The number of carbonyl (C=O) groups excluding carboxylic acids is 2. The first-order valence-electron chi connectivity index (χ1n) is 14.5. The second-order valence-electron chi connectivity index (χ2n) is 12.0. The van der Waals surface area contributed by atoms with Gasteiger partial charge in [0.15, 0.2) is 0 Å². The van der Waals surface area contributed by atoms with Gasteiger partial charge in [0.05, 0.1) is 48.4 Å². The molecule has 0 radical (unpaired) electrons. The number of aromatic nitrogens is 3. The Kier molecular flexibility index (Phi) is 8.08. The van der Waals surface area contributed by atoms with Crippen molar-refractivity contribution in [2.24, 2.45) is 0 Å². The maximum absolute atomic E-state index is 13.9. The van der Waals surface area contributed by atoms with E-state index in [9.17, 15) is 9.59 Å². The summed E-state index contributed by atoms with van der Waals surface area (Å²) in [5.41, 5.74) is 3.64. The molecule has 10 nitrogen and oxygen atoms in total. The molecule has 1 aromatic carbocycles. The van der Waals surface area contributed by atoms with Gasteiger partial charge < -0.3 is 24.6 Å². The molecule has 0 saturated carbocycles. The molecule has 1 fully saturated rings. The van der Waals surface area contributed by atoms with Crippen molar-refractivity contribution >= 4 is 23.5 Å². The van der Waals surface area contributed by atoms with E-state index in [0.717, 1.165) is 34.8 Å². The molecule has 0 spiro atoms. The first-order chi connectivity index (χ1) is 20.0. The zero-order valence-corrected chi connectivity index (χ0v) is 25.5. The molecule has 1 amide bonds. The first kappa shape index (κ1) is 29.3. The van der Waals surface area contributed by atoms with Gasteiger partial charge in [0.2, 0.25) is 0 Å². The molecule has 0 bridgehead atoms. The smallest absolute Gasteiger partial charge is 0.339 e. The molecule has 5 rings (SSSR count). The number of piperazine rings is 1. The van der Waals surface area contributed by atoms with E-state index in [0.29, 0.717) is 49.0 Å². The Bertz CT molecular complexity index is 1480. The molecule has 2 aromatic heterocycles. The third-order valence-electron chi connectivity index (χ3n) is 8.08. The third-order valence-corrected chi connectivity index (χ3v) is 8.08. The van der Waals surface area contributed by atoms with Crippen molar-refractivity contribution in [2.45, 2.75) is 65.5 Å². The molecule has 0 aliphatic carbocycles. The second-order valence-corrected chi connectivity index (χ2v) is 12.0. The standard InChI is InChI=1S/C32H40N6O4/c1-19(2)28-29(36-23-12-15-42-25-11-9-8-10-22(23)25)33-17-24(35-28)30(39)38-14-13-37(18-32(38,5)6)26-16-20(3)27(21(4)34-26)31(40)41-7/h8-11,16-17,19,23H,12-15,18H2,1-7H3,(H,33,36). The van der Waals surface area contributed by atoms with Crippen molar-refractivity contribution in [3.05, 3.63) is 70.3 Å². The summed E-state index contributed by atoms with van der Waals surface area (Å²) in [6.45, 7) is 14.2. The highest BCUT2D eigenvalue weighted by Crippen LogP contribution is 2.35. The number of rotatable bonds is 6. The number of hydrogen-bond acceptors (Lipinski definition) is 9. The molecule has 1 N–H and O–H groups in total. The van der Waals surface area contributed by atoms with Crippen LogP contribution in [-0.2, 0) is 4.74 Å². The van der Waals surface area contributed by atoms with Crippen LogP contribution in [0.4, 0.5) is 11.6 Å². The van der Waals surface area contributed by atoms with Crippen LogP contribution in [0.25, 0.3) is 0 Å². The number of carbonyl (C=O) groups is 2. The number of nitrogens with one attached hydrogen (secondary N) is 1. The van der Waals surface area contributed by atoms with Crippen LogP contribution in [-0.4, -0.2) is 70.6 Å². The van der Waals surface area contributed by atoms with Crippen LogP contribution in [0.2, 0.25) is 0 Å². The van der Waals surface area contributed by atoms with Crippen molar-refractivity contribution < 1.29 is 19.1 Å². The summed E-state index contributed by atoms with van der Waals surface area (Å²) in [4.78, 5) is 44.4. The quantitative estimate of drug-likeness (QED) is 0.405. The fourth-order valence-corrected chi connectivity index (χ4v) is 5.93. The molecule has 1 saturated heterocycles. The summed E-state index contributed by atoms with van der Waals surface area (Å²) < 4.78 is 10.7. The number of methoxy groups -OCH3 is 1. The number of benzene rings is 1. The average molecular weight is 573 g/mol. The number of hydrogen-bond donors (Lipinski definition) is 1. The van der Waals surface area contributed by atoms with Gasteiger partial charge >= 0.3 is 5.97 Å². The largest absolute Gasteiger partial charge is 0.493 e. The number of esters is 1. The predicted octanol–water partition coefficient (Wildman–Crippen LogP) is 5.08. The molecule has 1 atom stereocenters. The van der Waals surface area contributed by atoms with Gasteiger partial charge in [0.25, 0.3) is 5.91 Å². The second kappa shape index (κ2) is 11.6.